The van der Waals surface area contributed by atoms with Crippen molar-refractivity contribution in [3.8, 4) is 17.2 Å². The van der Waals surface area contributed by atoms with Crippen molar-refractivity contribution in [3.63, 3.8) is 0 Å². The summed E-state index contributed by atoms with van der Waals surface area (Å²) in [6.07, 6.45) is 9.79. The molecular weight excluding hydrogens is 600 g/mol. The SMILES string of the molecule is CC(C)=CCC[C@@]1(C)C=Cc2c(O)c3c(c(CC=C(C)C)c2O1)O[C@]12[C@@H](C3=O)[C@@H](O)[C@@H]3C[C@H]1C(C)(C)O[C@@]2(C/C=C(/C)C(=O)O)C3=O. The zero-order valence-electron chi connectivity index (χ0n) is 28.5. The Hall–Kier alpha value is -3.69. The Morgan fingerprint density at radius 1 is 1.00 bits per heavy atom. The summed E-state index contributed by atoms with van der Waals surface area (Å²) in [6, 6.07) is 0. The summed E-state index contributed by atoms with van der Waals surface area (Å²) in [5, 5.41) is 33.2. The maximum absolute atomic E-state index is 14.8. The first-order valence-electron chi connectivity index (χ1n) is 16.5. The maximum atomic E-state index is 14.8. The highest BCUT2D eigenvalue weighted by Crippen LogP contribution is 2.70. The van der Waals surface area contributed by atoms with Crippen molar-refractivity contribution < 1.29 is 43.9 Å². The van der Waals surface area contributed by atoms with E-state index < -0.39 is 63.8 Å². The molecule has 1 saturated heterocycles. The fourth-order valence-corrected chi connectivity index (χ4v) is 8.76. The van der Waals surface area contributed by atoms with Gasteiger partial charge in [0.2, 0.25) is 0 Å². The Balaban J connectivity index is 1.60. The zero-order valence-corrected chi connectivity index (χ0v) is 28.5. The number of ketones is 2. The van der Waals surface area contributed by atoms with E-state index in [2.05, 4.69) is 6.08 Å². The van der Waals surface area contributed by atoms with Crippen LogP contribution in [0.25, 0.3) is 6.08 Å². The van der Waals surface area contributed by atoms with E-state index in [-0.39, 0.29) is 35.5 Å². The molecule has 3 aliphatic heterocycles. The molecule has 3 saturated carbocycles. The van der Waals surface area contributed by atoms with Crippen LogP contribution >= 0.6 is 0 Å². The molecule has 7 atom stereocenters. The number of carbonyl (C=O) groups is 3. The number of Topliss-reactive ketones (excluding diaryl/α,β-unsaturated/α-hetero) is 2. The Kier molecular flexibility index (Phi) is 7.72. The van der Waals surface area contributed by atoms with Crippen molar-refractivity contribution in [2.75, 3.05) is 0 Å². The second-order valence-electron chi connectivity index (χ2n) is 15.2. The fourth-order valence-electron chi connectivity index (χ4n) is 8.76. The van der Waals surface area contributed by atoms with Gasteiger partial charge in [0, 0.05) is 29.4 Å². The summed E-state index contributed by atoms with van der Waals surface area (Å²) >= 11 is 0. The first kappa shape index (κ1) is 33.2. The third kappa shape index (κ3) is 4.67. The number of aliphatic carboxylic acids is 1. The van der Waals surface area contributed by atoms with Crippen LogP contribution in [0.15, 0.2) is 41.0 Å². The van der Waals surface area contributed by atoms with E-state index in [4.69, 9.17) is 14.2 Å². The summed E-state index contributed by atoms with van der Waals surface area (Å²) in [6.45, 7) is 15.1. The molecule has 252 valence electrons. The number of phenols is 1. The minimum atomic E-state index is -1.74. The number of aromatic hydroxyl groups is 1. The fraction of sp³-hybridized carbons (Fsp3) is 0.553. The van der Waals surface area contributed by atoms with Gasteiger partial charge < -0.3 is 29.5 Å². The van der Waals surface area contributed by atoms with E-state index in [0.29, 0.717) is 29.7 Å². The molecule has 0 amide bonds. The van der Waals surface area contributed by atoms with Crippen LogP contribution in [-0.4, -0.2) is 61.4 Å². The average molecular weight is 647 g/mol. The molecule has 4 fully saturated rings. The van der Waals surface area contributed by atoms with Gasteiger partial charge in [0.25, 0.3) is 0 Å². The van der Waals surface area contributed by atoms with Gasteiger partial charge in [-0.3, -0.25) is 9.59 Å². The molecule has 1 spiro atoms. The van der Waals surface area contributed by atoms with Crippen molar-refractivity contribution in [3.05, 3.63) is 57.7 Å². The predicted octanol–water partition coefficient (Wildman–Crippen LogP) is 6.29. The van der Waals surface area contributed by atoms with E-state index in [1.165, 1.54) is 18.6 Å². The lowest BCUT2D eigenvalue weighted by molar-refractivity contribution is -0.220. The van der Waals surface area contributed by atoms with Gasteiger partial charge in [-0.15, -0.1) is 0 Å². The van der Waals surface area contributed by atoms with Crippen molar-refractivity contribution in [1.29, 1.82) is 0 Å². The van der Waals surface area contributed by atoms with Gasteiger partial charge >= 0.3 is 5.97 Å². The minimum Gasteiger partial charge on any atom is -0.506 e. The molecule has 0 unspecified atom stereocenters. The van der Waals surface area contributed by atoms with E-state index in [1.54, 1.807) is 6.08 Å². The van der Waals surface area contributed by atoms with Crippen molar-refractivity contribution in [1.82, 2.24) is 0 Å². The molecule has 3 N–H and O–H groups in total. The van der Waals surface area contributed by atoms with Crippen LogP contribution in [0.5, 0.6) is 17.2 Å². The first-order valence-corrected chi connectivity index (χ1v) is 16.5. The quantitative estimate of drug-likeness (QED) is 0.220. The number of carboxylic acid groups (broad SMARTS) is 1. The smallest absolute Gasteiger partial charge is 0.330 e. The van der Waals surface area contributed by atoms with Crippen LogP contribution in [0.2, 0.25) is 0 Å². The number of ether oxygens (including phenoxy) is 3. The van der Waals surface area contributed by atoms with Gasteiger partial charge in [0.15, 0.2) is 22.8 Å². The third-order valence-corrected chi connectivity index (χ3v) is 11.1. The van der Waals surface area contributed by atoms with Crippen LogP contribution in [0.1, 0.15) is 103 Å². The molecule has 0 radical (unpaired) electrons. The average Bonchev–Trinajstić information content (AvgIpc) is 3.10. The second-order valence-corrected chi connectivity index (χ2v) is 15.2. The van der Waals surface area contributed by atoms with E-state index in [9.17, 15) is 29.7 Å². The normalized spacial score (nSPS) is 34.1. The number of hydrogen-bond donors (Lipinski definition) is 3. The lowest BCUT2D eigenvalue weighted by Gasteiger charge is -2.62. The van der Waals surface area contributed by atoms with Crippen LogP contribution in [0.4, 0.5) is 0 Å². The molecule has 6 aliphatic rings. The highest BCUT2D eigenvalue weighted by molar-refractivity contribution is 6.10. The number of allylic oxidation sites excluding steroid dienone is 4. The number of phenolic OH excluding ortho intramolecular Hbond substituents is 1. The first-order chi connectivity index (χ1) is 21.9. The summed E-state index contributed by atoms with van der Waals surface area (Å²) in [5.41, 5.74) is -1.91. The number of rotatable bonds is 8. The topological polar surface area (TPSA) is 140 Å². The monoisotopic (exact) mass is 646 g/mol. The Bertz CT molecular complexity index is 1700. The Morgan fingerprint density at radius 2 is 1.68 bits per heavy atom. The van der Waals surface area contributed by atoms with Gasteiger partial charge in [-0.1, -0.05) is 29.4 Å². The van der Waals surface area contributed by atoms with E-state index in [0.717, 1.165) is 12.0 Å². The van der Waals surface area contributed by atoms with Gasteiger partial charge in [-0.25, -0.2) is 4.79 Å². The predicted molar refractivity (Wildman–Crippen MR) is 176 cm³/mol. The maximum Gasteiger partial charge on any atom is 0.330 e. The zero-order chi connectivity index (χ0) is 34.4. The second kappa shape index (κ2) is 10.9. The van der Waals surface area contributed by atoms with Crippen LogP contribution < -0.4 is 9.47 Å². The standard InChI is InChI=1S/C38H46O9/c1-19(2)10-9-15-36(8)16-14-22-28(39)26-30(41)27-29(40)24-18-25-35(6,7)47-37(33(24)42,17-13-21(5)34(43)44)38(25,27)46-32(26)23(31(22)45-36)12-11-20(3)4/h10-11,13-14,16,24-25,27,29,39-40H,9,12,15,17-18H2,1-8H3,(H,43,44)/b21-13-/t24-,25-,27+,29-,36-,37-,38-/m0/s1. The van der Waals surface area contributed by atoms with Crippen molar-refractivity contribution in [2.24, 2.45) is 17.8 Å². The van der Waals surface area contributed by atoms with Crippen LogP contribution in [-0.2, 0) is 20.7 Å². The summed E-state index contributed by atoms with van der Waals surface area (Å²) in [7, 11) is 0. The molecule has 4 bridgehead atoms. The molecule has 3 heterocycles. The van der Waals surface area contributed by atoms with E-state index in [1.807, 2.05) is 60.6 Å². The number of hydrogen-bond acceptors (Lipinski definition) is 8. The molecule has 9 nitrogen and oxygen atoms in total. The van der Waals surface area contributed by atoms with Crippen molar-refractivity contribution >= 4 is 23.6 Å². The number of aliphatic hydroxyl groups excluding tert-OH is 1. The number of carbonyl (C=O) groups excluding carboxylic acids is 2. The highest BCUT2D eigenvalue weighted by atomic mass is 16.6. The number of aliphatic hydroxyl groups is 1. The molecular formula is C38H46O9. The lowest BCUT2D eigenvalue weighted by atomic mass is 9.45. The molecule has 1 aromatic rings. The molecule has 9 heteroatoms. The number of benzene rings is 1. The Labute approximate surface area is 276 Å². The minimum absolute atomic E-state index is 0.0260. The molecule has 7 rings (SSSR count). The van der Waals surface area contributed by atoms with Gasteiger partial charge in [0.1, 0.15) is 28.4 Å². The molecule has 3 aliphatic carbocycles. The summed E-state index contributed by atoms with van der Waals surface area (Å²) in [5.74, 6) is -4.44. The van der Waals surface area contributed by atoms with Gasteiger partial charge in [0.05, 0.1) is 23.2 Å². The summed E-state index contributed by atoms with van der Waals surface area (Å²) in [4.78, 5) is 41.1. The van der Waals surface area contributed by atoms with Crippen molar-refractivity contribution in [2.45, 2.75) is 116 Å². The summed E-state index contributed by atoms with van der Waals surface area (Å²) < 4.78 is 20.5. The lowest BCUT2D eigenvalue weighted by Crippen LogP contribution is -2.80. The van der Waals surface area contributed by atoms with Crippen LogP contribution in [0, 0.1) is 17.8 Å². The number of carboxylic acids is 1. The largest absolute Gasteiger partial charge is 0.506 e. The van der Waals surface area contributed by atoms with E-state index >= 15 is 0 Å². The highest BCUT2D eigenvalue weighted by Gasteiger charge is 2.85. The third-order valence-electron chi connectivity index (χ3n) is 11.1. The number of fused-ring (bicyclic) bond motifs is 2. The van der Waals surface area contributed by atoms with Gasteiger partial charge in [-0.2, -0.15) is 0 Å². The van der Waals surface area contributed by atoms with Gasteiger partial charge in [-0.05, 0) is 93.2 Å². The molecule has 47 heavy (non-hydrogen) atoms. The van der Waals surface area contributed by atoms with Crippen LogP contribution in [0.3, 0.4) is 0 Å². The Morgan fingerprint density at radius 3 is 2.32 bits per heavy atom. The molecule has 1 aromatic carbocycles. The molecule has 0 aromatic heterocycles.